The second-order valence-electron chi connectivity index (χ2n) is 4.83. The first-order chi connectivity index (χ1) is 10.1. The molecule has 0 atom stereocenters. The van der Waals surface area contributed by atoms with Crippen molar-refractivity contribution in [3.8, 4) is 0 Å². The van der Waals surface area contributed by atoms with Gasteiger partial charge in [-0.3, -0.25) is 9.59 Å². The number of hydrogen-bond donors (Lipinski definition) is 1. The van der Waals surface area contributed by atoms with Gasteiger partial charge in [-0.25, -0.2) is 0 Å². The molecule has 0 aliphatic carbocycles. The van der Waals surface area contributed by atoms with E-state index in [-0.39, 0.29) is 11.7 Å². The molecule has 2 aromatic carbocycles. The van der Waals surface area contributed by atoms with Crippen LogP contribution in [0, 0.1) is 0 Å². The summed E-state index contributed by atoms with van der Waals surface area (Å²) in [5.41, 5.74) is 2.69. The molecular weight excluding hydrogens is 398 g/mol. The van der Waals surface area contributed by atoms with Crippen molar-refractivity contribution in [2.24, 2.45) is 0 Å². The minimum Gasteiger partial charge on any atom is -0.352 e. The van der Waals surface area contributed by atoms with E-state index in [0.29, 0.717) is 23.2 Å². The number of benzene rings is 2. The van der Waals surface area contributed by atoms with Crippen molar-refractivity contribution in [2.75, 3.05) is 6.54 Å². The van der Waals surface area contributed by atoms with E-state index in [1.54, 1.807) is 18.2 Å². The van der Waals surface area contributed by atoms with Gasteiger partial charge < -0.3 is 5.32 Å². The van der Waals surface area contributed by atoms with Crippen LogP contribution in [-0.4, -0.2) is 18.2 Å². The number of amides is 1. The summed E-state index contributed by atoms with van der Waals surface area (Å²) in [5.74, 6) is -0.212. The maximum absolute atomic E-state index is 12.6. The maximum Gasteiger partial charge on any atom is 0.251 e. The predicted octanol–water partition coefficient (Wildman–Crippen LogP) is 3.73. The topological polar surface area (TPSA) is 46.2 Å². The van der Waals surface area contributed by atoms with Crippen molar-refractivity contribution in [1.29, 1.82) is 0 Å². The zero-order valence-electron chi connectivity index (χ0n) is 11.0. The fourth-order valence-electron chi connectivity index (χ4n) is 2.38. The van der Waals surface area contributed by atoms with Gasteiger partial charge in [-0.05, 0) is 52.2 Å². The van der Waals surface area contributed by atoms with Gasteiger partial charge in [0.15, 0.2) is 5.78 Å². The predicted molar refractivity (Wildman–Crippen MR) is 87.8 cm³/mol. The number of carbonyl (C=O) groups is 2. The summed E-state index contributed by atoms with van der Waals surface area (Å²) in [6.07, 6.45) is 0.803. The average molecular weight is 409 g/mol. The van der Waals surface area contributed by atoms with E-state index in [0.717, 1.165) is 20.9 Å². The van der Waals surface area contributed by atoms with Crippen LogP contribution in [0.5, 0.6) is 0 Å². The number of halogens is 2. The van der Waals surface area contributed by atoms with E-state index in [9.17, 15) is 9.59 Å². The van der Waals surface area contributed by atoms with Crippen LogP contribution >= 0.6 is 31.9 Å². The molecule has 2 aromatic rings. The molecule has 21 heavy (non-hydrogen) atoms. The summed E-state index contributed by atoms with van der Waals surface area (Å²) in [5, 5.41) is 2.80. The first-order valence-electron chi connectivity index (χ1n) is 6.47. The van der Waals surface area contributed by atoms with E-state index in [2.05, 4.69) is 37.2 Å². The molecule has 1 heterocycles. The SMILES string of the molecule is O=C(c1ccc2c(c1)C(=O)NCC2)c1ccc(Br)cc1Br. The molecule has 0 bridgehead atoms. The Bertz CT molecular complexity index is 756. The lowest BCUT2D eigenvalue weighted by atomic mass is 9.94. The van der Waals surface area contributed by atoms with Gasteiger partial charge in [0.25, 0.3) is 5.91 Å². The number of rotatable bonds is 2. The van der Waals surface area contributed by atoms with Gasteiger partial charge >= 0.3 is 0 Å². The Morgan fingerprint density at radius 1 is 1.10 bits per heavy atom. The molecule has 0 radical (unpaired) electrons. The van der Waals surface area contributed by atoms with Gasteiger partial charge in [-0.1, -0.05) is 28.1 Å². The molecule has 1 amide bonds. The standard InChI is InChI=1S/C16H11Br2NO2/c17-11-3-4-12(14(18)8-11)15(20)10-2-1-9-5-6-19-16(21)13(9)7-10/h1-4,7-8H,5-6H2,(H,19,21). The fraction of sp³-hybridized carbons (Fsp3) is 0.125. The molecule has 0 saturated carbocycles. The Kier molecular flexibility index (Phi) is 3.95. The molecule has 3 rings (SSSR count). The summed E-state index contributed by atoms with van der Waals surface area (Å²) in [6, 6.07) is 10.8. The summed E-state index contributed by atoms with van der Waals surface area (Å²) in [4.78, 5) is 24.5. The van der Waals surface area contributed by atoms with Gasteiger partial charge in [-0.15, -0.1) is 0 Å². The minimum atomic E-state index is -0.110. The lowest BCUT2D eigenvalue weighted by molar-refractivity contribution is 0.0946. The first-order valence-corrected chi connectivity index (χ1v) is 8.06. The number of hydrogen-bond acceptors (Lipinski definition) is 2. The molecule has 106 valence electrons. The van der Waals surface area contributed by atoms with E-state index in [1.165, 1.54) is 0 Å². The highest BCUT2D eigenvalue weighted by molar-refractivity contribution is 9.11. The third-order valence-electron chi connectivity index (χ3n) is 3.47. The van der Waals surface area contributed by atoms with Crippen molar-refractivity contribution in [3.05, 3.63) is 67.6 Å². The van der Waals surface area contributed by atoms with Crippen LogP contribution in [0.25, 0.3) is 0 Å². The van der Waals surface area contributed by atoms with E-state index < -0.39 is 0 Å². The highest BCUT2D eigenvalue weighted by Crippen LogP contribution is 2.25. The Hall–Kier alpha value is -1.46. The number of carbonyl (C=O) groups excluding carboxylic acids is 2. The smallest absolute Gasteiger partial charge is 0.251 e. The van der Waals surface area contributed by atoms with Gasteiger partial charge in [-0.2, -0.15) is 0 Å². The first kappa shape index (κ1) is 14.5. The van der Waals surface area contributed by atoms with E-state index in [1.807, 2.05) is 18.2 Å². The molecule has 3 nitrogen and oxygen atoms in total. The third-order valence-corrected chi connectivity index (χ3v) is 4.62. The van der Waals surface area contributed by atoms with Crippen molar-refractivity contribution in [1.82, 2.24) is 5.32 Å². The van der Waals surface area contributed by atoms with Crippen molar-refractivity contribution < 1.29 is 9.59 Å². The van der Waals surface area contributed by atoms with Crippen molar-refractivity contribution in [3.63, 3.8) is 0 Å². The van der Waals surface area contributed by atoms with E-state index in [4.69, 9.17) is 0 Å². The molecule has 0 spiro atoms. The third kappa shape index (κ3) is 2.80. The quantitative estimate of drug-likeness (QED) is 0.769. The minimum absolute atomic E-state index is 0.101. The fourth-order valence-corrected chi connectivity index (χ4v) is 3.61. The summed E-state index contributed by atoms with van der Waals surface area (Å²) in [6.45, 7) is 0.650. The lowest BCUT2D eigenvalue weighted by Gasteiger charge is -2.17. The molecule has 0 aromatic heterocycles. The average Bonchev–Trinajstić information content (AvgIpc) is 2.47. The van der Waals surface area contributed by atoms with Gasteiger partial charge in [0, 0.05) is 32.2 Å². The zero-order chi connectivity index (χ0) is 15.0. The highest BCUT2D eigenvalue weighted by atomic mass is 79.9. The van der Waals surface area contributed by atoms with Crippen LogP contribution in [0.3, 0.4) is 0 Å². The monoisotopic (exact) mass is 407 g/mol. The molecular formula is C16H11Br2NO2. The van der Waals surface area contributed by atoms with Gasteiger partial charge in [0.1, 0.15) is 0 Å². The van der Waals surface area contributed by atoms with Crippen LogP contribution < -0.4 is 5.32 Å². The number of nitrogens with one attached hydrogen (secondary N) is 1. The maximum atomic E-state index is 12.6. The van der Waals surface area contributed by atoms with Gasteiger partial charge in [0.05, 0.1) is 0 Å². The number of fused-ring (bicyclic) bond motifs is 1. The Labute approximate surface area is 139 Å². The normalized spacial score (nSPS) is 13.5. The molecule has 1 aliphatic rings. The van der Waals surface area contributed by atoms with Crippen LogP contribution in [0.2, 0.25) is 0 Å². The molecule has 5 heteroatoms. The Balaban J connectivity index is 2.02. The molecule has 1 aliphatic heterocycles. The Morgan fingerprint density at radius 2 is 1.90 bits per heavy atom. The summed E-state index contributed by atoms with van der Waals surface area (Å²) < 4.78 is 1.62. The highest BCUT2D eigenvalue weighted by Gasteiger charge is 2.20. The van der Waals surface area contributed by atoms with Crippen LogP contribution in [0.15, 0.2) is 45.3 Å². The Morgan fingerprint density at radius 3 is 2.67 bits per heavy atom. The van der Waals surface area contributed by atoms with E-state index >= 15 is 0 Å². The van der Waals surface area contributed by atoms with Crippen LogP contribution in [0.1, 0.15) is 31.8 Å². The second-order valence-corrected chi connectivity index (χ2v) is 6.60. The van der Waals surface area contributed by atoms with Crippen LogP contribution in [-0.2, 0) is 6.42 Å². The summed E-state index contributed by atoms with van der Waals surface area (Å²) in [7, 11) is 0. The lowest BCUT2D eigenvalue weighted by Crippen LogP contribution is -2.32. The largest absolute Gasteiger partial charge is 0.352 e. The molecule has 0 saturated heterocycles. The van der Waals surface area contributed by atoms with Crippen molar-refractivity contribution in [2.45, 2.75) is 6.42 Å². The second kappa shape index (κ2) is 5.73. The van der Waals surface area contributed by atoms with Gasteiger partial charge in [0.2, 0.25) is 0 Å². The molecule has 1 N–H and O–H groups in total. The molecule has 0 unspecified atom stereocenters. The number of ketones is 1. The zero-order valence-corrected chi connectivity index (χ0v) is 14.1. The van der Waals surface area contributed by atoms with Crippen LogP contribution in [0.4, 0.5) is 0 Å². The molecule has 0 fully saturated rings. The van der Waals surface area contributed by atoms with Crippen molar-refractivity contribution >= 4 is 43.6 Å². The summed E-state index contributed by atoms with van der Waals surface area (Å²) >= 11 is 6.77.